The number of nitrogens with zero attached hydrogens (tertiary/aromatic N) is 3. The van der Waals surface area contributed by atoms with Crippen molar-refractivity contribution in [2.45, 2.75) is 66.0 Å². The highest BCUT2D eigenvalue weighted by Crippen LogP contribution is 2.44. The lowest BCUT2D eigenvalue weighted by atomic mass is 9.78. The van der Waals surface area contributed by atoms with Crippen molar-refractivity contribution < 1.29 is 5.11 Å². The number of aliphatic hydroxyl groups is 1. The molecular formula is C15H27N3O. The molecule has 4 nitrogen and oxygen atoms in total. The van der Waals surface area contributed by atoms with Crippen LogP contribution >= 0.6 is 0 Å². The molecule has 2 unspecified atom stereocenters. The van der Waals surface area contributed by atoms with Crippen LogP contribution in [-0.2, 0) is 13.0 Å². The number of hydrogen-bond donors (Lipinski definition) is 1. The van der Waals surface area contributed by atoms with Crippen molar-refractivity contribution in [3.05, 3.63) is 12.2 Å². The van der Waals surface area contributed by atoms with E-state index in [0.717, 1.165) is 18.8 Å². The first kappa shape index (κ1) is 14.5. The van der Waals surface area contributed by atoms with Gasteiger partial charge in [0.25, 0.3) is 0 Å². The highest BCUT2D eigenvalue weighted by Gasteiger charge is 2.39. The second-order valence-electron chi connectivity index (χ2n) is 7.01. The largest absolute Gasteiger partial charge is 0.392 e. The van der Waals surface area contributed by atoms with Crippen molar-refractivity contribution in [2.24, 2.45) is 17.3 Å². The van der Waals surface area contributed by atoms with E-state index >= 15 is 0 Å². The third kappa shape index (κ3) is 3.35. The quantitative estimate of drug-likeness (QED) is 0.890. The molecule has 2 rings (SSSR count). The topological polar surface area (TPSA) is 50.9 Å². The normalized spacial score (nSPS) is 24.0. The summed E-state index contributed by atoms with van der Waals surface area (Å²) in [4.78, 5) is 4.32. The minimum absolute atomic E-state index is 0.252. The molecule has 0 saturated heterocycles. The Morgan fingerprint density at radius 1 is 1.47 bits per heavy atom. The molecular weight excluding hydrogens is 238 g/mol. The molecule has 1 saturated carbocycles. The van der Waals surface area contributed by atoms with Crippen molar-refractivity contribution in [3.63, 3.8) is 0 Å². The molecule has 108 valence electrons. The second kappa shape index (κ2) is 5.61. The molecule has 2 atom stereocenters. The summed E-state index contributed by atoms with van der Waals surface area (Å²) in [5, 5.41) is 14.8. The average molecular weight is 265 g/mol. The van der Waals surface area contributed by atoms with E-state index in [1.165, 1.54) is 12.8 Å². The molecule has 0 aromatic carbocycles. The molecule has 1 heterocycles. The lowest BCUT2D eigenvalue weighted by Crippen LogP contribution is -2.32. The van der Waals surface area contributed by atoms with Gasteiger partial charge in [-0.3, -0.25) is 0 Å². The van der Waals surface area contributed by atoms with Gasteiger partial charge in [0, 0.05) is 13.0 Å². The maximum Gasteiger partial charge on any atom is 0.138 e. The summed E-state index contributed by atoms with van der Waals surface area (Å²) in [6, 6.07) is 0. The van der Waals surface area contributed by atoms with Crippen LogP contribution in [0.25, 0.3) is 0 Å². The van der Waals surface area contributed by atoms with E-state index in [9.17, 15) is 5.11 Å². The van der Waals surface area contributed by atoms with Crippen molar-refractivity contribution in [1.29, 1.82) is 0 Å². The van der Waals surface area contributed by atoms with Gasteiger partial charge in [-0.25, -0.2) is 9.67 Å². The zero-order chi connectivity index (χ0) is 14.0. The van der Waals surface area contributed by atoms with Crippen molar-refractivity contribution in [1.82, 2.24) is 14.8 Å². The molecule has 1 aliphatic carbocycles. The Kier molecular flexibility index (Phi) is 4.29. The van der Waals surface area contributed by atoms with Gasteiger partial charge < -0.3 is 5.11 Å². The molecule has 0 amide bonds. The molecule has 1 aromatic heterocycles. The van der Waals surface area contributed by atoms with Gasteiger partial charge in [0.05, 0.1) is 6.10 Å². The highest BCUT2D eigenvalue weighted by atomic mass is 16.3. The molecule has 1 N–H and O–H groups in total. The average Bonchev–Trinajstić information content (AvgIpc) is 2.84. The zero-order valence-electron chi connectivity index (χ0n) is 12.6. The fourth-order valence-corrected chi connectivity index (χ4v) is 3.34. The number of hydrogen-bond acceptors (Lipinski definition) is 3. The van der Waals surface area contributed by atoms with Crippen LogP contribution in [0.2, 0.25) is 0 Å². The standard InChI is InChI=1S/C15H27N3O/c1-11(2)9-18-14(16-10-17-18)8-13(19)12-6-5-7-15(12,3)4/h10-13,19H,5-9H2,1-4H3. The van der Waals surface area contributed by atoms with Gasteiger partial charge in [0.1, 0.15) is 12.2 Å². The Hall–Kier alpha value is -0.900. The smallest absolute Gasteiger partial charge is 0.138 e. The molecule has 19 heavy (non-hydrogen) atoms. The third-order valence-corrected chi connectivity index (χ3v) is 4.43. The van der Waals surface area contributed by atoms with Crippen LogP contribution in [-0.4, -0.2) is 26.0 Å². The lowest BCUT2D eigenvalue weighted by molar-refractivity contribution is 0.0518. The molecule has 0 aliphatic heterocycles. The summed E-state index contributed by atoms with van der Waals surface area (Å²) in [6.45, 7) is 9.75. The van der Waals surface area contributed by atoms with E-state index in [1.54, 1.807) is 6.33 Å². The first-order chi connectivity index (χ1) is 8.90. The van der Waals surface area contributed by atoms with Crippen LogP contribution < -0.4 is 0 Å². The number of aromatic nitrogens is 3. The Labute approximate surface area is 116 Å². The fraction of sp³-hybridized carbons (Fsp3) is 0.867. The van der Waals surface area contributed by atoms with Crippen LogP contribution in [0.15, 0.2) is 6.33 Å². The van der Waals surface area contributed by atoms with Gasteiger partial charge in [-0.05, 0) is 30.1 Å². The number of rotatable bonds is 5. The van der Waals surface area contributed by atoms with Crippen LogP contribution in [0, 0.1) is 17.3 Å². The zero-order valence-corrected chi connectivity index (χ0v) is 12.6. The Morgan fingerprint density at radius 3 is 2.79 bits per heavy atom. The Morgan fingerprint density at radius 2 is 2.21 bits per heavy atom. The highest BCUT2D eigenvalue weighted by molar-refractivity contribution is 4.95. The third-order valence-electron chi connectivity index (χ3n) is 4.43. The van der Waals surface area contributed by atoms with Crippen molar-refractivity contribution >= 4 is 0 Å². The minimum Gasteiger partial charge on any atom is -0.392 e. The summed E-state index contributed by atoms with van der Waals surface area (Å²) in [5.74, 6) is 1.85. The van der Waals surface area contributed by atoms with Gasteiger partial charge in [-0.1, -0.05) is 34.1 Å². The first-order valence-electron chi connectivity index (χ1n) is 7.45. The van der Waals surface area contributed by atoms with E-state index in [-0.39, 0.29) is 11.5 Å². The van der Waals surface area contributed by atoms with Crippen LogP contribution in [0.3, 0.4) is 0 Å². The lowest BCUT2D eigenvalue weighted by Gasteiger charge is -2.31. The Bertz CT molecular complexity index is 411. The molecule has 0 radical (unpaired) electrons. The van der Waals surface area contributed by atoms with Gasteiger partial charge >= 0.3 is 0 Å². The van der Waals surface area contributed by atoms with Gasteiger partial charge in [-0.15, -0.1) is 0 Å². The first-order valence-corrected chi connectivity index (χ1v) is 7.45. The molecule has 0 spiro atoms. The number of aliphatic hydroxyl groups excluding tert-OH is 1. The maximum atomic E-state index is 10.5. The summed E-state index contributed by atoms with van der Waals surface area (Å²) in [5.41, 5.74) is 0.252. The maximum absolute atomic E-state index is 10.5. The summed E-state index contributed by atoms with van der Waals surface area (Å²) < 4.78 is 1.94. The van der Waals surface area contributed by atoms with Gasteiger partial charge in [-0.2, -0.15) is 5.10 Å². The molecule has 1 aromatic rings. The van der Waals surface area contributed by atoms with Crippen molar-refractivity contribution in [3.8, 4) is 0 Å². The van der Waals surface area contributed by atoms with E-state index in [2.05, 4.69) is 37.8 Å². The van der Waals surface area contributed by atoms with Crippen LogP contribution in [0.4, 0.5) is 0 Å². The van der Waals surface area contributed by atoms with Crippen LogP contribution in [0.1, 0.15) is 52.8 Å². The summed E-state index contributed by atoms with van der Waals surface area (Å²) in [6.07, 6.45) is 5.51. The van der Waals surface area contributed by atoms with E-state index in [0.29, 0.717) is 18.3 Å². The van der Waals surface area contributed by atoms with E-state index in [4.69, 9.17) is 0 Å². The fourth-order valence-electron chi connectivity index (χ4n) is 3.34. The Balaban J connectivity index is 2.03. The summed E-state index contributed by atoms with van der Waals surface area (Å²) in [7, 11) is 0. The molecule has 4 heteroatoms. The monoisotopic (exact) mass is 265 g/mol. The van der Waals surface area contributed by atoms with Gasteiger partial charge in [0.2, 0.25) is 0 Å². The predicted octanol–water partition coefficient (Wildman–Crippen LogP) is 2.66. The summed E-state index contributed by atoms with van der Waals surface area (Å²) >= 11 is 0. The molecule has 1 fully saturated rings. The molecule has 1 aliphatic rings. The second-order valence-corrected chi connectivity index (χ2v) is 7.01. The van der Waals surface area contributed by atoms with Gasteiger partial charge in [0.15, 0.2) is 0 Å². The van der Waals surface area contributed by atoms with E-state index < -0.39 is 0 Å². The minimum atomic E-state index is -0.299. The van der Waals surface area contributed by atoms with Crippen molar-refractivity contribution in [2.75, 3.05) is 0 Å². The van der Waals surface area contributed by atoms with E-state index in [1.807, 2.05) is 4.68 Å². The predicted molar refractivity (Wildman–Crippen MR) is 75.7 cm³/mol. The SMILES string of the molecule is CC(C)Cn1ncnc1CC(O)C1CCCC1(C)C. The molecule has 0 bridgehead atoms. The van der Waals surface area contributed by atoms with Crippen LogP contribution in [0.5, 0.6) is 0 Å².